The van der Waals surface area contributed by atoms with E-state index in [1.807, 2.05) is 0 Å². The third-order valence-electron chi connectivity index (χ3n) is 3.06. The number of thiophene rings is 1. The van der Waals surface area contributed by atoms with Gasteiger partial charge < -0.3 is 10.6 Å². The van der Waals surface area contributed by atoms with E-state index in [9.17, 15) is 8.42 Å². The van der Waals surface area contributed by atoms with Crippen LogP contribution >= 0.6 is 11.3 Å². The van der Waals surface area contributed by atoms with Crippen LogP contribution in [0.4, 0.5) is 5.69 Å². The summed E-state index contributed by atoms with van der Waals surface area (Å²) in [5, 5.41) is 1.67. The highest BCUT2D eigenvalue weighted by Crippen LogP contribution is 2.25. The van der Waals surface area contributed by atoms with E-state index in [0.29, 0.717) is 23.0 Å². The Morgan fingerprint density at radius 1 is 1.33 bits per heavy atom. The number of sulfonamides is 1. The van der Waals surface area contributed by atoms with Gasteiger partial charge in [0.2, 0.25) is 0 Å². The fourth-order valence-corrected chi connectivity index (χ4v) is 4.76. The molecule has 0 aliphatic carbocycles. The number of nitrogens with two attached hydrogens (primary N) is 1. The number of rotatable bonds is 4. The van der Waals surface area contributed by atoms with E-state index in [4.69, 9.17) is 5.73 Å². The van der Waals surface area contributed by atoms with Gasteiger partial charge in [0.15, 0.2) is 0 Å². The number of hydrogen-bond donors (Lipinski definition) is 1. The minimum atomic E-state index is -3.33. The van der Waals surface area contributed by atoms with E-state index in [0.717, 1.165) is 26.1 Å². The molecule has 2 N–H and O–H groups in total. The van der Waals surface area contributed by atoms with Crippen LogP contribution in [0.15, 0.2) is 15.7 Å². The Kier molecular flexibility index (Phi) is 4.26. The molecular formula is C11H19N3O2S2. The maximum absolute atomic E-state index is 12.3. The summed E-state index contributed by atoms with van der Waals surface area (Å²) in [6, 6.07) is 1.54. The average Bonchev–Trinajstić information content (AvgIpc) is 2.78. The second kappa shape index (κ2) is 5.56. The van der Waals surface area contributed by atoms with Crippen LogP contribution in [0.1, 0.15) is 13.3 Å². The van der Waals surface area contributed by atoms with Gasteiger partial charge in [-0.3, -0.25) is 0 Å². The third kappa shape index (κ3) is 2.85. The van der Waals surface area contributed by atoms with Gasteiger partial charge in [-0.1, -0.05) is 6.92 Å². The Hall–Kier alpha value is -0.630. The smallest absolute Gasteiger partial charge is 0.252 e. The van der Waals surface area contributed by atoms with Crippen molar-refractivity contribution in [1.29, 1.82) is 0 Å². The largest absolute Gasteiger partial charge is 0.398 e. The summed E-state index contributed by atoms with van der Waals surface area (Å²) in [6.45, 7) is 5.94. The summed E-state index contributed by atoms with van der Waals surface area (Å²) in [6.07, 6.45) is 1.11. The van der Waals surface area contributed by atoms with Crippen LogP contribution in [0.2, 0.25) is 0 Å². The molecule has 1 aromatic rings. The maximum Gasteiger partial charge on any atom is 0.252 e. The van der Waals surface area contributed by atoms with Crippen molar-refractivity contribution in [1.82, 2.24) is 9.21 Å². The molecule has 1 fully saturated rings. The van der Waals surface area contributed by atoms with Crippen molar-refractivity contribution in [3.05, 3.63) is 11.4 Å². The van der Waals surface area contributed by atoms with Gasteiger partial charge in [-0.2, -0.15) is 4.31 Å². The Bertz CT molecular complexity index is 490. The van der Waals surface area contributed by atoms with Crippen LogP contribution in [0, 0.1) is 0 Å². The SMILES string of the molecule is CCCN1CCN(S(=O)(=O)c2cc(N)cs2)CC1. The van der Waals surface area contributed by atoms with E-state index in [1.165, 1.54) is 11.3 Å². The molecule has 1 aromatic heterocycles. The van der Waals surface area contributed by atoms with E-state index < -0.39 is 10.0 Å². The predicted molar refractivity (Wildman–Crippen MR) is 74.2 cm³/mol. The minimum absolute atomic E-state index is 0.351. The Morgan fingerprint density at radius 2 is 2.00 bits per heavy atom. The fourth-order valence-electron chi connectivity index (χ4n) is 2.10. The Morgan fingerprint density at radius 3 is 2.50 bits per heavy atom. The van der Waals surface area contributed by atoms with Crippen molar-refractivity contribution in [2.45, 2.75) is 17.6 Å². The lowest BCUT2D eigenvalue weighted by molar-refractivity contribution is 0.189. The van der Waals surface area contributed by atoms with Crippen molar-refractivity contribution in [3.8, 4) is 0 Å². The normalized spacial score (nSPS) is 19.2. The number of nitrogens with zero attached hydrogens (tertiary/aromatic N) is 2. The molecule has 0 radical (unpaired) electrons. The number of anilines is 1. The lowest BCUT2D eigenvalue weighted by atomic mass is 10.3. The monoisotopic (exact) mass is 289 g/mol. The molecule has 5 nitrogen and oxygen atoms in total. The first kappa shape index (κ1) is 13.8. The van der Waals surface area contributed by atoms with E-state index in [1.54, 1.807) is 15.8 Å². The van der Waals surface area contributed by atoms with Gasteiger partial charge in [0.25, 0.3) is 10.0 Å². The predicted octanol–water partition coefficient (Wildman–Crippen LogP) is 1.05. The van der Waals surface area contributed by atoms with Crippen molar-refractivity contribution >= 4 is 27.0 Å². The van der Waals surface area contributed by atoms with E-state index in [-0.39, 0.29) is 0 Å². The molecule has 0 unspecified atom stereocenters. The zero-order valence-electron chi connectivity index (χ0n) is 10.5. The molecule has 0 atom stereocenters. The van der Waals surface area contributed by atoms with Gasteiger partial charge >= 0.3 is 0 Å². The molecule has 7 heteroatoms. The highest BCUT2D eigenvalue weighted by molar-refractivity contribution is 7.91. The summed E-state index contributed by atoms with van der Waals surface area (Å²) in [5.41, 5.74) is 6.10. The molecular weight excluding hydrogens is 270 g/mol. The Labute approximate surface area is 112 Å². The van der Waals surface area contributed by atoms with Gasteiger partial charge in [0.05, 0.1) is 0 Å². The van der Waals surface area contributed by atoms with Crippen LogP contribution in [-0.4, -0.2) is 50.3 Å². The average molecular weight is 289 g/mol. The maximum atomic E-state index is 12.3. The molecule has 0 spiro atoms. The molecule has 1 saturated heterocycles. The van der Waals surface area contributed by atoms with Crippen molar-refractivity contribution in [3.63, 3.8) is 0 Å². The standard InChI is InChI=1S/C11H19N3O2S2/c1-2-3-13-4-6-14(7-5-13)18(15,16)11-8-10(12)9-17-11/h8-9H,2-7,12H2,1H3. The second-order valence-corrected chi connectivity index (χ2v) is 7.52. The van der Waals surface area contributed by atoms with Crippen LogP contribution < -0.4 is 5.73 Å². The molecule has 0 aromatic carbocycles. The lowest BCUT2D eigenvalue weighted by Crippen LogP contribution is -2.48. The third-order valence-corrected chi connectivity index (χ3v) is 6.39. The lowest BCUT2D eigenvalue weighted by Gasteiger charge is -2.33. The highest BCUT2D eigenvalue weighted by Gasteiger charge is 2.29. The first-order valence-corrected chi connectivity index (χ1v) is 8.42. The highest BCUT2D eigenvalue weighted by atomic mass is 32.2. The summed E-state index contributed by atoms with van der Waals surface area (Å²) in [4.78, 5) is 2.30. The molecule has 0 amide bonds. The van der Waals surface area contributed by atoms with Gasteiger partial charge in [-0.05, 0) is 19.0 Å². The number of hydrogen-bond acceptors (Lipinski definition) is 5. The minimum Gasteiger partial charge on any atom is -0.398 e. The van der Waals surface area contributed by atoms with Crippen molar-refractivity contribution < 1.29 is 8.42 Å². The molecule has 102 valence electrons. The van der Waals surface area contributed by atoms with Gasteiger partial charge in [0, 0.05) is 37.2 Å². The summed E-state index contributed by atoms with van der Waals surface area (Å²) in [7, 11) is -3.33. The number of piperazine rings is 1. The van der Waals surface area contributed by atoms with Crippen molar-refractivity contribution in [2.24, 2.45) is 0 Å². The zero-order valence-corrected chi connectivity index (χ0v) is 12.1. The second-order valence-electron chi connectivity index (χ2n) is 4.44. The molecule has 2 heterocycles. The van der Waals surface area contributed by atoms with Crippen molar-refractivity contribution in [2.75, 3.05) is 38.5 Å². The molecule has 1 aliphatic rings. The quantitative estimate of drug-likeness (QED) is 0.899. The van der Waals surface area contributed by atoms with Crippen LogP contribution in [0.25, 0.3) is 0 Å². The zero-order chi connectivity index (χ0) is 13.2. The molecule has 2 rings (SSSR count). The topological polar surface area (TPSA) is 66.6 Å². The first-order valence-electron chi connectivity index (χ1n) is 6.10. The van der Waals surface area contributed by atoms with Crippen LogP contribution in [0.3, 0.4) is 0 Å². The van der Waals surface area contributed by atoms with Crippen LogP contribution in [0.5, 0.6) is 0 Å². The van der Waals surface area contributed by atoms with Gasteiger partial charge in [0.1, 0.15) is 4.21 Å². The molecule has 18 heavy (non-hydrogen) atoms. The first-order chi connectivity index (χ1) is 8.54. The fraction of sp³-hybridized carbons (Fsp3) is 0.636. The molecule has 1 aliphatic heterocycles. The Balaban J connectivity index is 2.05. The number of nitrogen functional groups attached to an aromatic ring is 1. The van der Waals surface area contributed by atoms with E-state index in [2.05, 4.69) is 11.8 Å². The molecule has 0 bridgehead atoms. The summed E-state index contributed by atoms with van der Waals surface area (Å²) >= 11 is 1.19. The summed E-state index contributed by atoms with van der Waals surface area (Å²) in [5.74, 6) is 0. The molecule has 0 saturated carbocycles. The van der Waals surface area contributed by atoms with Crippen LogP contribution in [-0.2, 0) is 10.0 Å². The van der Waals surface area contributed by atoms with E-state index >= 15 is 0 Å². The summed E-state index contributed by atoms with van der Waals surface area (Å²) < 4.78 is 26.6. The van der Waals surface area contributed by atoms with Gasteiger partial charge in [-0.15, -0.1) is 11.3 Å². The van der Waals surface area contributed by atoms with Gasteiger partial charge in [-0.25, -0.2) is 8.42 Å².